The van der Waals surface area contributed by atoms with Crippen molar-refractivity contribution in [2.45, 2.75) is 32.3 Å². The van der Waals surface area contributed by atoms with Gasteiger partial charge in [0.1, 0.15) is 0 Å². The molecule has 0 bridgehead atoms. The summed E-state index contributed by atoms with van der Waals surface area (Å²) in [6.07, 6.45) is 4.42. The molecular weight excluding hydrogens is 162 g/mol. The van der Waals surface area contributed by atoms with E-state index in [0.717, 1.165) is 25.0 Å². The average Bonchev–Trinajstić information content (AvgIpc) is 2.27. The first kappa shape index (κ1) is 8.70. The Labute approximate surface area is 78.6 Å². The summed E-state index contributed by atoms with van der Waals surface area (Å²) >= 11 is 0. The van der Waals surface area contributed by atoms with Crippen molar-refractivity contribution >= 4 is 0 Å². The van der Waals surface area contributed by atoms with Crippen LogP contribution in [0.25, 0.3) is 0 Å². The fourth-order valence-corrected chi connectivity index (χ4v) is 1.98. The van der Waals surface area contributed by atoms with Crippen molar-refractivity contribution in [2.75, 3.05) is 0 Å². The van der Waals surface area contributed by atoms with E-state index in [-0.39, 0.29) is 6.10 Å². The molecule has 2 heteroatoms. The predicted molar refractivity (Wildman–Crippen MR) is 51.3 cm³/mol. The van der Waals surface area contributed by atoms with Crippen LogP contribution in [-0.4, -0.2) is 10.1 Å². The lowest BCUT2D eigenvalue weighted by molar-refractivity contribution is 0.158. The second-order valence-corrected chi connectivity index (χ2v) is 3.95. The number of aliphatic hydroxyl groups excluding tert-OH is 1. The van der Waals surface area contributed by atoms with Gasteiger partial charge in [-0.25, -0.2) is 0 Å². The minimum absolute atomic E-state index is 0.346. The molecule has 1 aliphatic carbocycles. The molecule has 1 aromatic rings. The third kappa shape index (κ3) is 1.73. The number of aliphatic hydroxyl groups is 1. The Balaban J connectivity index is 2.38. The zero-order valence-electron chi connectivity index (χ0n) is 7.90. The van der Waals surface area contributed by atoms with E-state index < -0.39 is 0 Å². The van der Waals surface area contributed by atoms with Crippen LogP contribution in [0.5, 0.6) is 0 Å². The summed E-state index contributed by atoms with van der Waals surface area (Å²) in [5.41, 5.74) is 2.12. The van der Waals surface area contributed by atoms with Gasteiger partial charge in [0.25, 0.3) is 0 Å². The molecular formula is C11H15NO. The van der Waals surface area contributed by atoms with Crippen molar-refractivity contribution < 1.29 is 5.11 Å². The number of rotatable bonds is 0. The molecule has 1 aliphatic rings. The van der Waals surface area contributed by atoms with E-state index in [4.69, 9.17) is 0 Å². The Hall–Kier alpha value is -0.890. The number of nitrogens with zero attached hydrogens (tertiary/aromatic N) is 1. The number of aromatic nitrogens is 1. The standard InChI is InChI=1S/C11H15NO/c1-8-4-5-10(13)11-9(7-8)3-2-6-12-11/h2-3,6,8,10,13H,4-5,7H2,1H3/t8-,10-/m1/s1. The van der Waals surface area contributed by atoms with Gasteiger partial charge < -0.3 is 5.11 Å². The summed E-state index contributed by atoms with van der Waals surface area (Å²) in [7, 11) is 0. The molecule has 0 spiro atoms. The Morgan fingerprint density at radius 3 is 3.15 bits per heavy atom. The van der Waals surface area contributed by atoms with Gasteiger partial charge in [-0.1, -0.05) is 13.0 Å². The molecule has 0 radical (unpaired) electrons. The molecule has 70 valence electrons. The molecule has 1 aromatic heterocycles. The number of hydrogen-bond donors (Lipinski definition) is 1. The maximum atomic E-state index is 9.80. The lowest BCUT2D eigenvalue weighted by atomic mass is 10.0. The van der Waals surface area contributed by atoms with Crippen LogP contribution in [0.2, 0.25) is 0 Å². The van der Waals surface area contributed by atoms with E-state index in [1.165, 1.54) is 5.56 Å². The molecule has 0 unspecified atom stereocenters. The molecule has 2 atom stereocenters. The highest BCUT2D eigenvalue weighted by Gasteiger charge is 2.20. The van der Waals surface area contributed by atoms with Gasteiger partial charge in [0.2, 0.25) is 0 Å². The van der Waals surface area contributed by atoms with Crippen LogP contribution in [0.1, 0.15) is 37.1 Å². The van der Waals surface area contributed by atoms with E-state index in [2.05, 4.69) is 18.0 Å². The van der Waals surface area contributed by atoms with Crippen molar-refractivity contribution in [1.29, 1.82) is 0 Å². The van der Waals surface area contributed by atoms with Gasteiger partial charge >= 0.3 is 0 Å². The number of hydrogen-bond acceptors (Lipinski definition) is 2. The van der Waals surface area contributed by atoms with Gasteiger partial charge in [0, 0.05) is 6.20 Å². The summed E-state index contributed by atoms with van der Waals surface area (Å²) in [5, 5.41) is 9.80. The first-order chi connectivity index (χ1) is 6.27. The molecule has 0 aliphatic heterocycles. The molecule has 0 saturated heterocycles. The molecule has 0 fully saturated rings. The third-order valence-electron chi connectivity index (χ3n) is 2.74. The van der Waals surface area contributed by atoms with Crippen LogP contribution in [0.4, 0.5) is 0 Å². The maximum absolute atomic E-state index is 9.80. The molecule has 0 saturated carbocycles. The maximum Gasteiger partial charge on any atom is 0.0962 e. The van der Waals surface area contributed by atoms with E-state index >= 15 is 0 Å². The summed E-state index contributed by atoms with van der Waals surface area (Å²) < 4.78 is 0. The van der Waals surface area contributed by atoms with Gasteiger partial charge in [0.15, 0.2) is 0 Å². The van der Waals surface area contributed by atoms with Gasteiger partial charge in [0.05, 0.1) is 11.8 Å². The first-order valence-electron chi connectivity index (χ1n) is 4.89. The Morgan fingerprint density at radius 2 is 2.31 bits per heavy atom. The highest BCUT2D eigenvalue weighted by Crippen LogP contribution is 2.29. The van der Waals surface area contributed by atoms with Gasteiger partial charge in [-0.3, -0.25) is 4.98 Å². The lowest BCUT2D eigenvalue weighted by Crippen LogP contribution is -2.01. The average molecular weight is 177 g/mol. The highest BCUT2D eigenvalue weighted by atomic mass is 16.3. The second kappa shape index (κ2) is 3.46. The van der Waals surface area contributed by atoms with Crippen LogP contribution in [0, 0.1) is 5.92 Å². The summed E-state index contributed by atoms with van der Waals surface area (Å²) in [6, 6.07) is 4.02. The molecule has 1 N–H and O–H groups in total. The van der Waals surface area contributed by atoms with E-state index in [0.29, 0.717) is 5.92 Å². The van der Waals surface area contributed by atoms with Crippen LogP contribution in [0.15, 0.2) is 18.3 Å². The fraction of sp³-hybridized carbons (Fsp3) is 0.545. The SMILES string of the molecule is C[C@@H]1CC[C@@H](O)c2ncccc2C1. The summed E-state index contributed by atoms with van der Waals surface area (Å²) in [4.78, 5) is 4.24. The molecule has 1 heterocycles. The minimum atomic E-state index is -0.346. The predicted octanol–water partition coefficient (Wildman–Crippen LogP) is 2.09. The van der Waals surface area contributed by atoms with Gasteiger partial charge in [-0.15, -0.1) is 0 Å². The lowest BCUT2D eigenvalue weighted by Gasteiger charge is -2.08. The highest BCUT2D eigenvalue weighted by molar-refractivity contribution is 5.23. The molecule has 0 aromatic carbocycles. The minimum Gasteiger partial charge on any atom is -0.387 e. The monoisotopic (exact) mass is 177 g/mol. The zero-order valence-corrected chi connectivity index (χ0v) is 7.90. The Morgan fingerprint density at radius 1 is 1.46 bits per heavy atom. The first-order valence-corrected chi connectivity index (χ1v) is 4.89. The normalized spacial score (nSPS) is 27.8. The fourth-order valence-electron chi connectivity index (χ4n) is 1.98. The quantitative estimate of drug-likeness (QED) is 0.615. The molecule has 2 rings (SSSR count). The van der Waals surface area contributed by atoms with Crippen LogP contribution < -0.4 is 0 Å². The smallest absolute Gasteiger partial charge is 0.0962 e. The Bertz CT molecular complexity index is 298. The summed E-state index contributed by atoms with van der Waals surface area (Å²) in [6.45, 7) is 2.23. The van der Waals surface area contributed by atoms with Crippen molar-refractivity contribution in [3.05, 3.63) is 29.6 Å². The topological polar surface area (TPSA) is 33.1 Å². The van der Waals surface area contributed by atoms with E-state index in [1.807, 2.05) is 6.07 Å². The second-order valence-electron chi connectivity index (χ2n) is 3.95. The molecule has 2 nitrogen and oxygen atoms in total. The third-order valence-corrected chi connectivity index (χ3v) is 2.74. The van der Waals surface area contributed by atoms with Crippen molar-refractivity contribution in [3.8, 4) is 0 Å². The van der Waals surface area contributed by atoms with Crippen LogP contribution in [0.3, 0.4) is 0 Å². The number of pyridine rings is 1. The van der Waals surface area contributed by atoms with Crippen LogP contribution >= 0.6 is 0 Å². The van der Waals surface area contributed by atoms with E-state index in [1.54, 1.807) is 6.20 Å². The molecule has 13 heavy (non-hydrogen) atoms. The zero-order chi connectivity index (χ0) is 9.26. The number of fused-ring (bicyclic) bond motifs is 1. The Kier molecular flexibility index (Phi) is 2.32. The van der Waals surface area contributed by atoms with Crippen LogP contribution in [-0.2, 0) is 6.42 Å². The summed E-state index contributed by atoms with van der Waals surface area (Å²) in [5.74, 6) is 0.667. The van der Waals surface area contributed by atoms with Crippen molar-refractivity contribution in [2.24, 2.45) is 5.92 Å². The largest absolute Gasteiger partial charge is 0.387 e. The van der Waals surface area contributed by atoms with Gasteiger partial charge in [-0.05, 0) is 36.8 Å². The molecule has 0 amide bonds. The van der Waals surface area contributed by atoms with Crippen molar-refractivity contribution in [3.63, 3.8) is 0 Å². The van der Waals surface area contributed by atoms with Crippen molar-refractivity contribution in [1.82, 2.24) is 4.98 Å². The van der Waals surface area contributed by atoms with E-state index in [9.17, 15) is 5.11 Å². The van der Waals surface area contributed by atoms with Gasteiger partial charge in [-0.2, -0.15) is 0 Å².